The first-order valence-corrected chi connectivity index (χ1v) is 8.69. The minimum Gasteiger partial charge on any atom is -0.504 e. The Balaban J connectivity index is 1.96. The van der Waals surface area contributed by atoms with Crippen molar-refractivity contribution in [1.29, 1.82) is 0 Å². The molecule has 0 aliphatic rings. The van der Waals surface area contributed by atoms with Crippen molar-refractivity contribution in [3.8, 4) is 28.6 Å². The Morgan fingerprint density at radius 1 is 1.15 bits per heavy atom. The van der Waals surface area contributed by atoms with Gasteiger partial charge in [-0.25, -0.2) is 4.79 Å². The average Bonchev–Trinajstić information content (AvgIpc) is 3.09. The van der Waals surface area contributed by atoms with E-state index in [1.165, 1.54) is 18.2 Å². The fourth-order valence-corrected chi connectivity index (χ4v) is 2.77. The van der Waals surface area contributed by atoms with Gasteiger partial charge in [-0.2, -0.15) is 4.98 Å². The van der Waals surface area contributed by atoms with Gasteiger partial charge in [0.05, 0.1) is 16.7 Å². The zero-order valence-electron chi connectivity index (χ0n) is 13.7. The fraction of sp³-hybridized carbons (Fsp3) is 0.118. The number of aromatic hydroxyl groups is 1. The molecule has 0 bridgehead atoms. The summed E-state index contributed by atoms with van der Waals surface area (Å²) in [6, 6.07) is 7.27. The molecule has 1 N–H and O–H groups in total. The standard InChI is InChI=1S/C17H11Cl3N2O5/c1-2-25-17(24)16-21-15(22-27-16)9-6-14(12(23)7-10(9)19)26-13-4-3-8(18)5-11(13)20/h3-7,23H,2H2,1H3. The summed E-state index contributed by atoms with van der Waals surface area (Å²) in [4.78, 5) is 15.6. The number of esters is 1. The number of phenols is 1. The second-order valence-corrected chi connectivity index (χ2v) is 6.37. The highest BCUT2D eigenvalue weighted by Crippen LogP contribution is 2.40. The van der Waals surface area contributed by atoms with Gasteiger partial charge in [0.1, 0.15) is 5.75 Å². The molecule has 1 aromatic heterocycles. The maximum Gasteiger partial charge on any atom is 0.397 e. The van der Waals surface area contributed by atoms with Gasteiger partial charge in [0.25, 0.3) is 0 Å². The van der Waals surface area contributed by atoms with E-state index < -0.39 is 5.97 Å². The summed E-state index contributed by atoms with van der Waals surface area (Å²) in [6.45, 7) is 1.81. The second-order valence-electron chi connectivity index (χ2n) is 5.12. The molecule has 0 aliphatic carbocycles. The first-order chi connectivity index (χ1) is 12.9. The number of rotatable bonds is 5. The average molecular weight is 430 g/mol. The number of ether oxygens (including phenoxy) is 2. The lowest BCUT2D eigenvalue weighted by Gasteiger charge is -2.11. The van der Waals surface area contributed by atoms with Gasteiger partial charge in [0.15, 0.2) is 11.5 Å². The predicted octanol–water partition coefficient (Wildman–Crippen LogP) is 5.37. The smallest absolute Gasteiger partial charge is 0.397 e. The van der Waals surface area contributed by atoms with Crippen molar-refractivity contribution in [3.63, 3.8) is 0 Å². The highest BCUT2D eigenvalue weighted by Gasteiger charge is 2.21. The molecule has 0 saturated carbocycles. The molecule has 0 saturated heterocycles. The summed E-state index contributed by atoms with van der Waals surface area (Å²) in [7, 11) is 0. The first kappa shape index (κ1) is 19.3. The zero-order chi connectivity index (χ0) is 19.6. The molecule has 7 nitrogen and oxygen atoms in total. The van der Waals surface area contributed by atoms with Crippen LogP contribution in [0.4, 0.5) is 0 Å². The fourth-order valence-electron chi connectivity index (χ4n) is 2.08. The van der Waals surface area contributed by atoms with Crippen LogP contribution >= 0.6 is 34.8 Å². The molecular formula is C17H11Cl3N2O5. The molecule has 0 unspecified atom stereocenters. The molecule has 0 amide bonds. The second kappa shape index (κ2) is 8.04. The molecule has 140 valence electrons. The number of aromatic nitrogens is 2. The minimum atomic E-state index is -0.754. The van der Waals surface area contributed by atoms with E-state index in [0.29, 0.717) is 5.02 Å². The Labute approximate surface area is 168 Å². The largest absolute Gasteiger partial charge is 0.504 e. The van der Waals surface area contributed by atoms with Crippen molar-refractivity contribution in [1.82, 2.24) is 10.1 Å². The molecule has 0 aliphatic heterocycles. The van der Waals surface area contributed by atoms with Gasteiger partial charge in [-0.1, -0.05) is 40.0 Å². The number of benzene rings is 2. The molecule has 0 radical (unpaired) electrons. The lowest BCUT2D eigenvalue weighted by Crippen LogP contribution is -2.04. The minimum absolute atomic E-state index is 0.0232. The molecule has 0 fully saturated rings. The summed E-state index contributed by atoms with van der Waals surface area (Å²) in [5.41, 5.74) is 0.272. The third-order valence-electron chi connectivity index (χ3n) is 3.28. The molecule has 0 atom stereocenters. The van der Waals surface area contributed by atoms with E-state index >= 15 is 0 Å². The quantitative estimate of drug-likeness (QED) is 0.545. The molecule has 1 heterocycles. The third kappa shape index (κ3) is 4.27. The van der Waals surface area contributed by atoms with Gasteiger partial charge in [0, 0.05) is 16.7 Å². The van der Waals surface area contributed by atoms with Crippen molar-refractivity contribution in [2.45, 2.75) is 6.92 Å². The Morgan fingerprint density at radius 2 is 1.93 bits per heavy atom. The molecule has 27 heavy (non-hydrogen) atoms. The zero-order valence-corrected chi connectivity index (χ0v) is 16.0. The van der Waals surface area contributed by atoms with Gasteiger partial charge in [0.2, 0.25) is 5.82 Å². The van der Waals surface area contributed by atoms with Crippen LogP contribution in [-0.4, -0.2) is 27.8 Å². The number of hydrogen-bond acceptors (Lipinski definition) is 7. The van der Waals surface area contributed by atoms with Crippen molar-refractivity contribution >= 4 is 40.8 Å². The van der Waals surface area contributed by atoms with Crippen LogP contribution in [0.2, 0.25) is 15.1 Å². The van der Waals surface area contributed by atoms with Crippen LogP contribution < -0.4 is 4.74 Å². The highest BCUT2D eigenvalue weighted by atomic mass is 35.5. The van der Waals surface area contributed by atoms with Crippen LogP contribution in [0.25, 0.3) is 11.4 Å². The van der Waals surface area contributed by atoms with Gasteiger partial charge in [-0.05, 0) is 31.2 Å². The van der Waals surface area contributed by atoms with Crippen molar-refractivity contribution in [2.75, 3.05) is 6.61 Å². The Bertz CT molecular complexity index is 1010. The van der Waals surface area contributed by atoms with Crippen LogP contribution in [0.1, 0.15) is 17.6 Å². The lowest BCUT2D eigenvalue weighted by molar-refractivity contribution is 0.0470. The molecular weight excluding hydrogens is 419 g/mol. The number of phenolic OH excluding ortho intramolecular Hbond substituents is 1. The van der Waals surface area contributed by atoms with Gasteiger partial charge >= 0.3 is 11.9 Å². The Kier molecular flexibility index (Phi) is 5.74. The normalized spacial score (nSPS) is 10.7. The topological polar surface area (TPSA) is 94.7 Å². The summed E-state index contributed by atoms with van der Waals surface area (Å²) in [6.07, 6.45) is 0. The number of nitrogens with zero attached hydrogens (tertiary/aromatic N) is 2. The molecule has 2 aromatic carbocycles. The third-order valence-corrected chi connectivity index (χ3v) is 4.12. The first-order valence-electron chi connectivity index (χ1n) is 7.55. The molecule has 0 spiro atoms. The van der Waals surface area contributed by atoms with Gasteiger partial charge in [-0.3, -0.25) is 0 Å². The van der Waals surface area contributed by atoms with Crippen LogP contribution in [0.15, 0.2) is 34.9 Å². The summed E-state index contributed by atoms with van der Waals surface area (Å²) < 4.78 is 15.3. The van der Waals surface area contributed by atoms with Crippen LogP contribution in [0.5, 0.6) is 17.2 Å². The van der Waals surface area contributed by atoms with Crippen LogP contribution in [0, 0.1) is 0 Å². The SMILES string of the molecule is CCOC(=O)c1nc(-c2cc(Oc3ccc(Cl)cc3Cl)c(O)cc2Cl)no1. The molecule has 3 rings (SSSR count). The monoisotopic (exact) mass is 428 g/mol. The number of hydrogen-bond donors (Lipinski definition) is 1. The Hall–Kier alpha value is -2.48. The summed E-state index contributed by atoms with van der Waals surface area (Å²) in [5, 5.41) is 14.6. The van der Waals surface area contributed by atoms with Crippen LogP contribution in [-0.2, 0) is 4.74 Å². The van der Waals surface area contributed by atoms with Crippen molar-refractivity contribution < 1.29 is 23.9 Å². The highest BCUT2D eigenvalue weighted by molar-refractivity contribution is 6.35. The van der Waals surface area contributed by atoms with E-state index in [-0.39, 0.29) is 51.2 Å². The number of carbonyl (C=O) groups is 1. The molecule has 3 aromatic rings. The maximum atomic E-state index is 11.7. The van der Waals surface area contributed by atoms with E-state index in [9.17, 15) is 9.90 Å². The van der Waals surface area contributed by atoms with E-state index in [1.54, 1.807) is 19.1 Å². The van der Waals surface area contributed by atoms with E-state index in [1.807, 2.05) is 0 Å². The van der Waals surface area contributed by atoms with Gasteiger partial charge in [-0.15, -0.1) is 0 Å². The predicted molar refractivity (Wildman–Crippen MR) is 98.9 cm³/mol. The summed E-state index contributed by atoms with van der Waals surface area (Å²) >= 11 is 18.1. The van der Waals surface area contributed by atoms with Crippen molar-refractivity contribution in [3.05, 3.63) is 51.3 Å². The molecule has 10 heteroatoms. The van der Waals surface area contributed by atoms with Gasteiger partial charge < -0.3 is 19.1 Å². The summed E-state index contributed by atoms with van der Waals surface area (Å²) in [5.74, 6) is -0.972. The van der Waals surface area contributed by atoms with E-state index in [0.717, 1.165) is 0 Å². The lowest BCUT2D eigenvalue weighted by atomic mass is 10.2. The van der Waals surface area contributed by atoms with E-state index in [2.05, 4.69) is 10.1 Å². The number of carbonyl (C=O) groups excluding carboxylic acids is 1. The van der Waals surface area contributed by atoms with Crippen molar-refractivity contribution in [2.24, 2.45) is 0 Å². The maximum absolute atomic E-state index is 11.7. The van der Waals surface area contributed by atoms with Crippen LogP contribution in [0.3, 0.4) is 0 Å². The van der Waals surface area contributed by atoms with E-state index in [4.69, 9.17) is 48.8 Å². The number of halogens is 3. The Morgan fingerprint density at radius 3 is 2.63 bits per heavy atom.